The van der Waals surface area contributed by atoms with Gasteiger partial charge in [-0.15, -0.1) is 0 Å². The molecule has 0 radical (unpaired) electrons. The number of hydrogen-bond donors (Lipinski definition) is 0. The van der Waals surface area contributed by atoms with E-state index in [2.05, 4.69) is 9.97 Å². The van der Waals surface area contributed by atoms with Gasteiger partial charge < -0.3 is 0 Å². The van der Waals surface area contributed by atoms with E-state index < -0.39 is 27.7 Å². The molecule has 2 aromatic heterocycles. The van der Waals surface area contributed by atoms with Crippen molar-refractivity contribution in [2.24, 2.45) is 0 Å². The molecule has 0 fully saturated rings. The lowest BCUT2D eigenvalue weighted by Crippen LogP contribution is -2.31. The third-order valence-electron chi connectivity index (χ3n) is 5.89. The van der Waals surface area contributed by atoms with Crippen LogP contribution in [0.2, 0.25) is 0 Å². The second-order valence-electron chi connectivity index (χ2n) is 8.60. The predicted molar refractivity (Wildman–Crippen MR) is 141 cm³/mol. The number of alkyl halides is 3. The van der Waals surface area contributed by atoms with Crippen molar-refractivity contribution in [2.75, 3.05) is 18.5 Å². The summed E-state index contributed by atoms with van der Waals surface area (Å²) in [4.78, 5) is 23.2. The van der Waals surface area contributed by atoms with Gasteiger partial charge in [-0.05, 0) is 54.4 Å². The van der Waals surface area contributed by atoms with Crippen LogP contribution in [0, 0.1) is 0 Å². The van der Waals surface area contributed by atoms with E-state index in [9.17, 15) is 26.4 Å². The van der Waals surface area contributed by atoms with Crippen LogP contribution in [0.25, 0.3) is 10.2 Å². The second kappa shape index (κ2) is 11.2. The van der Waals surface area contributed by atoms with E-state index >= 15 is 0 Å². The molecule has 0 atom stereocenters. The summed E-state index contributed by atoms with van der Waals surface area (Å²) >= 11 is 0.968. The maximum absolute atomic E-state index is 13.6. The van der Waals surface area contributed by atoms with Crippen molar-refractivity contribution in [2.45, 2.75) is 37.4 Å². The number of fused-ring (bicyclic) bond motifs is 1. The van der Waals surface area contributed by atoms with Crippen molar-refractivity contribution >= 4 is 42.6 Å². The van der Waals surface area contributed by atoms with Crippen molar-refractivity contribution in [1.82, 2.24) is 14.3 Å². The number of nitrogens with zero attached hydrogens (tertiary/aromatic N) is 4. The van der Waals surface area contributed by atoms with Crippen LogP contribution in [-0.4, -0.2) is 42.2 Å². The lowest BCUT2D eigenvalue weighted by Gasteiger charge is -2.21. The minimum atomic E-state index is -4.60. The number of hydrogen-bond acceptors (Lipinski definition) is 6. The number of sulfonamides is 1. The molecule has 2 aromatic carbocycles. The SMILES string of the molecule is CCCCN(C)S(=O)(=O)c1ccc(C(=O)N(Cc2cccnc2)c2nc3c(C(F)(F)F)cccc3s2)cc1. The average molecular weight is 563 g/mol. The van der Waals surface area contributed by atoms with Crippen LogP contribution in [0.3, 0.4) is 0 Å². The molecule has 0 N–H and O–H groups in total. The fourth-order valence-electron chi connectivity index (χ4n) is 3.79. The van der Waals surface area contributed by atoms with Gasteiger partial charge >= 0.3 is 6.18 Å². The maximum Gasteiger partial charge on any atom is 0.418 e. The summed E-state index contributed by atoms with van der Waals surface area (Å²) in [5, 5.41) is 0.0848. The number of halogens is 3. The highest BCUT2D eigenvalue weighted by Gasteiger charge is 2.34. The molecule has 0 spiro atoms. The molecule has 0 aliphatic carbocycles. The number of unbranched alkanes of at least 4 members (excludes halogenated alkanes) is 1. The van der Waals surface area contributed by atoms with Crippen molar-refractivity contribution in [3.8, 4) is 0 Å². The van der Waals surface area contributed by atoms with E-state index in [0.29, 0.717) is 18.5 Å². The van der Waals surface area contributed by atoms with Crippen LogP contribution < -0.4 is 4.90 Å². The van der Waals surface area contributed by atoms with Gasteiger partial charge in [-0.2, -0.15) is 13.2 Å². The first-order valence-electron chi connectivity index (χ1n) is 11.8. The number of carbonyl (C=O) groups is 1. The Morgan fingerprint density at radius 1 is 1.05 bits per heavy atom. The van der Waals surface area contributed by atoms with Crippen molar-refractivity contribution in [3.05, 3.63) is 83.7 Å². The Hall–Kier alpha value is -3.35. The Labute approximate surface area is 222 Å². The number of anilines is 1. The molecule has 0 saturated heterocycles. The summed E-state index contributed by atoms with van der Waals surface area (Å²) in [6.45, 7) is 2.34. The number of amides is 1. The monoisotopic (exact) mass is 562 g/mol. The molecule has 4 rings (SSSR count). The Balaban J connectivity index is 1.71. The van der Waals surface area contributed by atoms with Gasteiger partial charge in [-0.1, -0.05) is 36.8 Å². The minimum Gasteiger partial charge on any atom is -0.279 e. The normalized spacial score (nSPS) is 12.3. The van der Waals surface area contributed by atoms with Gasteiger partial charge in [0.05, 0.1) is 27.2 Å². The lowest BCUT2D eigenvalue weighted by atomic mass is 10.2. The summed E-state index contributed by atoms with van der Waals surface area (Å²) in [6.07, 6.45) is 0.0784. The minimum absolute atomic E-state index is 0.00759. The number of aromatic nitrogens is 2. The fraction of sp³-hybridized carbons (Fsp3) is 0.269. The zero-order valence-corrected chi connectivity index (χ0v) is 22.3. The smallest absolute Gasteiger partial charge is 0.279 e. The summed E-state index contributed by atoms with van der Waals surface area (Å²) < 4.78 is 68.0. The van der Waals surface area contributed by atoms with Gasteiger partial charge in [0.1, 0.15) is 0 Å². The molecule has 200 valence electrons. The molecule has 2 heterocycles. The fourth-order valence-corrected chi connectivity index (χ4v) is 5.99. The first-order valence-corrected chi connectivity index (χ1v) is 14.0. The molecule has 1 amide bonds. The van der Waals surface area contributed by atoms with Gasteiger partial charge in [0, 0.05) is 31.5 Å². The van der Waals surface area contributed by atoms with Crippen molar-refractivity contribution in [3.63, 3.8) is 0 Å². The van der Waals surface area contributed by atoms with Crippen molar-refractivity contribution < 1.29 is 26.4 Å². The largest absolute Gasteiger partial charge is 0.418 e. The van der Waals surface area contributed by atoms with E-state index in [1.807, 2.05) is 6.92 Å². The number of benzene rings is 2. The van der Waals surface area contributed by atoms with Crippen molar-refractivity contribution in [1.29, 1.82) is 0 Å². The highest BCUT2D eigenvalue weighted by molar-refractivity contribution is 7.89. The van der Waals surface area contributed by atoms with Gasteiger partial charge in [-0.25, -0.2) is 17.7 Å². The molecule has 0 aliphatic rings. The number of carbonyl (C=O) groups excluding carboxylic acids is 1. The first kappa shape index (κ1) is 27.7. The van der Waals surface area contributed by atoms with Crippen LogP contribution in [-0.2, 0) is 22.7 Å². The van der Waals surface area contributed by atoms with E-state index in [-0.39, 0.29) is 32.4 Å². The van der Waals surface area contributed by atoms with Gasteiger partial charge in [0.25, 0.3) is 5.91 Å². The Kier molecular flexibility index (Phi) is 8.14. The van der Waals surface area contributed by atoms with Gasteiger partial charge in [0.2, 0.25) is 10.0 Å². The number of para-hydroxylation sites is 1. The Morgan fingerprint density at radius 2 is 1.79 bits per heavy atom. The molecule has 0 saturated carbocycles. The quantitative estimate of drug-likeness (QED) is 0.251. The molecular formula is C26H25F3N4O3S2. The van der Waals surface area contributed by atoms with Gasteiger partial charge in [0.15, 0.2) is 5.13 Å². The number of pyridine rings is 1. The number of thiazole rings is 1. The summed E-state index contributed by atoms with van der Waals surface area (Å²) in [5.74, 6) is -0.537. The molecule has 0 unspecified atom stereocenters. The predicted octanol–water partition coefficient (Wildman–Crippen LogP) is 5.98. The highest BCUT2D eigenvalue weighted by Crippen LogP contribution is 2.39. The zero-order chi connectivity index (χ0) is 27.5. The molecular weight excluding hydrogens is 537 g/mol. The highest BCUT2D eigenvalue weighted by atomic mass is 32.2. The molecule has 0 bridgehead atoms. The van der Waals surface area contributed by atoms with E-state index in [1.54, 1.807) is 24.5 Å². The summed E-state index contributed by atoms with van der Waals surface area (Å²) in [6, 6.07) is 12.7. The van der Waals surface area contributed by atoms with Crippen LogP contribution in [0.4, 0.5) is 18.3 Å². The average Bonchev–Trinajstić information content (AvgIpc) is 3.34. The molecule has 12 heteroatoms. The van der Waals surface area contributed by atoms with E-state index in [1.165, 1.54) is 52.7 Å². The van der Waals surface area contributed by atoms with E-state index in [4.69, 9.17) is 0 Å². The molecule has 0 aliphatic heterocycles. The summed E-state index contributed by atoms with van der Waals surface area (Å²) in [5.41, 5.74) is -0.305. The zero-order valence-electron chi connectivity index (χ0n) is 20.6. The standard InChI is InChI=1S/C26H25F3N4O3S2/c1-3-4-15-32(2)38(35,36)20-12-10-19(11-13-20)24(34)33(17-18-7-6-14-30-16-18)25-31-23-21(26(27,28)29)8-5-9-22(23)37-25/h5-14,16H,3-4,15,17H2,1-2H3. The molecule has 7 nitrogen and oxygen atoms in total. The first-order chi connectivity index (χ1) is 18.0. The third-order valence-corrected chi connectivity index (χ3v) is 8.80. The van der Waals surface area contributed by atoms with E-state index in [0.717, 1.165) is 23.8 Å². The van der Waals surface area contributed by atoms with Crippen LogP contribution in [0.15, 0.2) is 71.9 Å². The Morgan fingerprint density at radius 3 is 2.42 bits per heavy atom. The summed E-state index contributed by atoms with van der Waals surface area (Å²) in [7, 11) is -2.23. The maximum atomic E-state index is 13.6. The lowest BCUT2D eigenvalue weighted by molar-refractivity contribution is -0.136. The van der Waals surface area contributed by atoms with Gasteiger partial charge in [-0.3, -0.25) is 14.7 Å². The van der Waals surface area contributed by atoms with Crippen LogP contribution in [0.1, 0.15) is 41.3 Å². The van der Waals surface area contributed by atoms with Crippen LogP contribution in [0.5, 0.6) is 0 Å². The number of rotatable bonds is 9. The Bertz CT molecular complexity index is 1520. The molecule has 38 heavy (non-hydrogen) atoms. The third kappa shape index (κ3) is 5.87. The van der Waals surface area contributed by atoms with Crippen LogP contribution >= 0.6 is 11.3 Å². The molecule has 4 aromatic rings. The second-order valence-corrected chi connectivity index (χ2v) is 11.7. The topological polar surface area (TPSA) is 83.5 Å².